The van der Waals surface area contributed by atoms with Crippen LogP contribution in [0.3, 0.4) is 0 Å². The van der Waals surface area contributed by atoms with Crippen molar-refractivity contribution in [2.45, 2.75) is 24.7 Å². The van der Waals surface area contributed by atoms with Crippen LogP contribution < -0.4 is 5.32 Å². The van der Waals surface area contributed by atoms with Crippen molar-refractivity contribution in [3.8, 4) is 0 Å². The summed E-state index contributed by atoms with van der Waals surface area (Å²) < 4.78 is 0. The highest BCUT2D eigenvalue weighted by molar-refractivity contribution is 8.00. The molecule has 0 bridgehead atoms. The van der Waals surface area contributed by atoms with Gasteiger partial charge < -0.3 is 15.1 Å². The Bertz CT molecular complexity index is 1010. The number of piperazine rings is 1. The minimum atomic E-state index is -0.104. The number of hydrogen-bond acceptors (Lipinski definition) is 5. The quantitative estimate of drug-likeness (QED) is 0.617. The average Bonchev–Trinajstić information content (AvgIpc) is 3.40. The molecule has 0 aliphatic carbocycles. The second-order valence-corrected chi connectivity index (χ2v) is 9.87. The summed E-state index contributed by atoms with van der Waals surface area (Å²) in [5.74, 6) is 0.299. The zero-order valence-electron chi connectivity index (χ0n) is 19.7. The summed E-state index contributed by atoms with van der Waals surface area (Å²) in [5.41, 5.74) is 2.53. The first kappa shape index (κ1) is 24.3. The first-order chi connectivity index (χ1) is 16.5. The van der Waals surface area contributed by atoms with Gasteiger partial charge in [0.05, 0.1) is 17.9 Å². The van der Waals surface area contributed by atoms with Crippen LogP contribution in [0.5, 0.6) is 0 Å². The summed E-state index contributed by atoms with van der Waals surface area (Å²) in [5, 5.41) is 2.90. The van der Waals surface area contributed by atoms with Crippen LogP contribution in [0.2, 0.25) is 0 Å². The number of benzene rings is 2. The lowest BCUT2D eigenvalue weighted by atomic mass is 10.2. The number of nitrogens with zero attached hydrogens (tertiary/aromatic N) is 3. The van der Waals surface area contributed by atoms with Gasteiger partial charge in [0, 0.05) is 49.9 Å². The number of likely N-dealkylation sites (tertiary alicyclic amines) is 1. The molecule has 8 heteroatoms. The van der Waals surface area contributed by atoms with Crippen LogP contribution in [-0.4, -0.2) is 84.0 Å². The first-order valence-corrected chi connectivity index (χ1v) is 12.9. The van der Waals surface area contributed by atoms with E-state index in [2.05, 4.69) is 10.2 Å². The monoisotopic (exact) mass is 480 g/mol. The lowest BCUT2D eigenvalue weighted by Crippen LogP contribution is -2.51. The van der Waals surface area contributed by atoms with Crippen molar-refractivity contribution in [1.82, 2.24) is 14.7 Å². The van der Waals surface area contributed by atoms with E-state index in [-0.39, 0.29) is 23.5 Å². The Labute approximate surface area is 205 Å². The van der Waals surface area contributed by atoms with Gasteiger partial charge in [-0.05, 0) is 44.0 Å². The van der Waals surface area contributed by atoms with Crippen LogP contribution >= 0.6 is 11.8 Å². The van der Waals surface area contributed by atoms with Gasteiger partial charge in [-0.1, -0.05) is 29.8 Å². The molecule has 34 heavy (non-hydrogen) atoms. The largest absolute Gasteiger partial charge is 0.342 e. The van der Waals surface area contributed by atoms with Crippen LogP contribution in [-0.2, 0) is 9.59 Å². The van der Waals surface area contributed by atoms with Gasteiger partial charge in [0.25, 0.3) is 5.91 Å². The smallest absolute Gasteiger partial charge is 0.255 e. The Morgan fingerprint density at radius 2 is 1.53 bits per heavy atom. The molecular weight excluding hydrogens is 448 g/mol. The third kappa shape index (κ3) is 6.39. The molecule has 2 saturated heterocycles. The van der Waals surface area contributed by atoms with Gasteiger partial charge in [-0.2, -0.15) is 0 Å². The number of thioether (sulfide) groups is 1. The molecule has 2 aromatic rings. The van der Waals surface area contributed by atoms with Crippen molar-refractivity contribution in [3.63, 3.8) is 0 Å². The van der Waals surface area contributed by atoms with Crippen molar-refractivity contribution < 1.29 is 14.4 Å². The van der Waals surface area contributed by atoms with Crippen LogP contribution in [0.25, 0.3) is 0 Å². The molecule has 1 N–H and O–H groups in total. The number of nitrogens with one attached hydrogen (secondary N) is 1. The van der Waals surface area contributed by atoms with E-state index >= 15 is 0 Å². The molecule has 3 amide bonds. The number of aryl methyl sites for hydroxylation is 1. The number of carbonyl (C=O) groups excluding carboxylic acids is 3. The SMILES string of the molecule is Cc1ccc(NC(=O)CSc2ccccc2C(=O)N2CCN(CC(=O)N3CCCC3)CC2)cc1. The zero-order valence-corrected chi connectivity index (χ0v) is 20.5. The van der Waals surface area contributed by atoms with Gasteiger partial charge in [0.1, 0.15) is 0 Å². The summed E-state index contributed by atoms with van der Waals surface area (Å²) in [6.45, 7) is 6.76. The maximum absolute atomic E-state index is 13.2. The molecule has 2 aliphatic heterocycles. The van der Waals surface area contributed by atoms with E-state index in [1.54, 1.807) is 0 Å². The highest BCUT2D eigenvalue weighted by Crippen LogP contribution is 2.25. The second kappa shape index (κ2) is 11.5. The van der Waals surface area contributed by atoms with E-state index in [9.17, 15) is 14.4 Å². The Hall–Kier alpha value is -2.84. The van der Waals surface area contributed by atoms with Gasteiger partial charge in [-0.3, -0.25) is 19.3 Å². The van der Waals surface area contributed by atoms with Crippen LogP contribution in [0.4, 0.5) is 5.69 Å². The minimum Gasteiger partial charge on any atom is -0.342 e. The van der Waals surface area contributed by atoms with Crippen LogP contribution in [0.15, 0.2) is 53.4 Å². The van der Waals surface area contributed by atoms with E-state index in [1.165, 1.54) is 11.8 Å². The summed E-state index contributed by atoms with van der Waals surface area (Å²) in [4.78, 5) is 44.8. The van der Waals surface area contributed by atoms with Crippen molar-refractivity contribution in [1.29, 1.82) is 0 Å². The lowest BCUT2D eigenvalue weighted by Gasteiger charge is -2.35. The fourth-order valence-electron chi connectivity index (χ4n) is 4.28. The van der Waals surface area contributed by atoms with Crippen molar-refractivity contribution in [3.05, 3.63) is 59.7 Å². The van der Waals surface area contributed by atoms with Crippen molar-refractivity contribution in [2.24, 2.45) is 0 Å². The molecule has 180 valence electrons. The molecule has 2 heterocycles. The maximum Gasteiger partial charge on any atom is 0.255 e. The number of rotatable bonds is 7. The third-order valence-corrected chi connectivity index (χ3v) is 7.36. The van der Waals surface area contributed by atoms with Crippen LogP contribution in [0, 0.1) is 6.92 Å². The van der Waals surface area contributed by atoms with Gasteiger partial charge in [0.15, 0.2) is 0 Å². The van der Waals surface area contributed by atoms with Crippen LogP contribution in [0.1, 0.15) is 28.8 Å². The molecule has 0 atom stereocenters. The molecule has 0 aromatic heterocycles. The molecule has 0 spiro atoms. The summed E-state index contributed by atoms with van der Waals surface area (Å²) in [6.07, 6.45) is 2.19. The van der Waals surface area contributed by atoms with Crippen molar-refractivity contribution in [2.75, 3.05) is 56.9 Å². The molecule has 0 saturated carbocycles. The Kier molecular flexibility index (Phi) is 8.24. The number of hydrogen-bond donors (Lipinski definition) is 1. The third-order valence-electron chi connectivity index (χ3n) is 6.29. The predicted molar refractivity (Wildman–Crippen MR) is 135 cm³/mol. The minimum absolute atomic E-state index is 0.0208. The normalized spacial score (nSPS) is 16.5. The molecule has 2 fully saturated rings. The molecule has 7 nitrogen and oxygen atoms in total. The number of anilines is 1. The van der Waals surface area contributed by atoms with E-state index < -0.39 is 0 Å². The fourth-order valence-corrected chi connectivity index (χ4v) is 5.13. The second-order valence-electron chi connectivity index (χ2n) is 8.86. The van der Waals surface area contributed by atoms with E-state index in [4.69, 9.17) is 0 Å². The number of carbonyl (C=O) groups is 3. The number of amides is 3. The lowest BCUT2D eigenvalue weighted by molar-refractivity contribution is -0.131. The molecule has 4 rings (SSSR count). The topological polar surface area (TPSA) is 73.0 Å². The molecule has 2 aromatic carbocycles. The average molecular weight is 481 g/mol. The summed E-state index contributed by atoms with van der Waals surface area (Å²) >= 11 is 1.37. The van der Waals surface area contributed by atoms with Gasteiger partial charge in [0.2, 0.25) is 11.8 Å². The zero-order chi connectivity index (χ0) is 23.9. The van der Waals surface area contributed by atoms with Gasteiger partial charge in [-0.25, -0.2) is 0 Å². The Balaban J connectivity index is 1.28. The predicted octanol–water partition coefficient (Wildman–Crippen LogP) is 3.11. The van der Waals surface area contributed by atoms with E-state index in [0.29, 0.717) is 38.3 Å². The Morgan fingerprint density at radius 1 is 0.853 bits per heavy atom. The summed E-state index contributed by atoms with van der Waals surface area (Å²) in [6, 6.07) is 15.1. The Morgan fingerprint density at radius 3 is 2.24 bits per heavy atom. The molecule has 0 radical (unpaired) electrons. The first-order valence-electron chi connectivity index (χ1n) is 11.9. The maximum atomic E-state index is 13.2. The molecule has 2 aliphatic rings. The van der Waals surface area contributed by atoms with Gasteiger partial charge >= 0.3 is 0 Å². The highest BCUT2D eigenvalue weighted by atomic mass is 32.2. The molecular formula is C26H32N4O3S. The fraction of sp³-hybridized carbons (Fsp3) is 0.423. The molecule has 0 unspecified atom stereocenters. The van der Waals surface area contributed by atoms with Gasteiger partial charge in [-0.15, -0.1) is 11.8 Å². The summed E-state index contributed by atoms with van der Waals surface area (Å²) in [7, 11) is 0. The van der Waals surface area contributed by atoms with E-state index in [1.807, 2.05) is 65.3 Å². The van der Waals surface area contributed by atoms with E-state index in [0.717, 1.165) is 42.1 Å². The van der Waals surface area contributed by atoms with Crippen molar-refractivity contribution >= 4 is 35.2 Å². The standard InChI is InChI=1S/C26H32N4O3S/c1-20-8-10-21(11-9-20)27-24(31)19-34-23-7-3-2-6-22(23)26(33)30-16-14-28(15-17-30)18-25(32)29-12-4-5-13-29/h2-3,6-11H,4-5,12-19H2,1H3,(H,27,31). The highest BCUT2D eigenvalue weighted by Gasteiger charge is 2.26.